The van der Waals surface area contributed by atoms with Crippen LogP contribution in [0.1, 0.15) is 154 Å². The highest BCUT2D eigenvalue weighted by atomic mass is 79.9. The van der Waals surface area contributed by atoms with Crippen LogP contribution in [0.3, 0.4) is 0 Å². The molecule has 15 rings (SSSR count). The van der Waals surface area contributed by atoms with Gasteiger partial charge in [0.1, 0.15) is 50.8 Å². The number of hydrogen-bond acceptors (Lipinski definition) is 15. The summed E-state index contributed by atoms with van der Waals surface area (Å²) in [6, 6.07) is 67.4. The summed E-state index contributed by atoms with van der Waals surface area (Å²) < 4.78 is 24.8. The summed E-state index contributed by atoms with van der Waals surface area (Å²) in [7, 11) is 0. The Bertz CT molecular complexity index is 6050. The summed E-state index contributed by atoms with van der Waals surface area (Å²) in [5.41, 5.74) is 29.9. The maximum Gasteiger partial charge on any atom is 0.297 e. The number of fused-ring (bicyclic) bond motifs is 9. The maximum atomic E-state index is 14.1. The van der Waals surface area contributed by atoms with Gasteiger partial charge in [0.05, 0.1) is 37.8 Å². The minimum Gasteiger partial charge on any atom is -0.448 e. The molecule has 0 bridgehead atoms. The fraction of sp³-hybridized carbons (Fsp3) is 0.274. The monoisotopic (exact) mass is 1710 g/mol. The predicted octanol–water partition coefficient (Wildman–Crippen LogP) is 18.1. The van der Waals surface area contributed by atoms with Gasteiger partial charge in [0, 0.05) is 74.5 Å². The van der Waals surface area contributed by atoms with E-state index in [0.717, 1.165) is 64.0 Å². The Kier molecular flexibility index (Phi) is 26.6. The molecule has 0 radical (unpaired) electrons. The SMILES string of the molecule is Cc1ccc(C(=O)N(CCCN)C(c2nc3c(oc4ccc(Br)cc43)c(=O)n2Cc2ccccc2)C(C)C)cc1.Cc1ccc(C(=O)N(CCN)C(c2nc3c(oc4ccc(Br)cc43)c(=O)n2Cc2ccccc2)C(C)C)cc1.Cc1ccc(C(=O)N(CCN)C(c2nc3c(oc4ccc(C)cc43)c(=O)n2Cc2ccccc2)C(C)C)cc1. The average molecular weight is 1710 g/mol. The van der Waals surface area contributed by atoms with Crippen molar-refractivity contribution >= 4 is 116 Å². The third-order valence-corrected chi connectivity index (χ3v) is 22.1. The van der Waals surface area contributed by atoms with Crippen molar-refractivity contribution in [3.8, 4) is 0 Å². The van der Waals surface area contributed by atoms with Crippen LogP contribution in [0.25, 0.3) is 66.2 Å². The number of halogens is 2. The highest BCUT2D eigenvalue weighted by Gasteiger charge is 2.38. The second kappa shape index (κ2) is 37.3. The van der Waals surface area contributed by atoms with Crippen molar-refractivity contribution in [1.82, 2.24) is 43.4 Å². The van der Waals surface area contributed by atoms with Gasteiger partial charge in [0.2, 0.25) is 16.7 Å². The van der Waals surface area contributed by atoms with Gasteiger partial charge in [0.25, 0.3) is 34.4 Å². The van der Waals surface area contributed by atoms with E-state index in [9.17, 15) is 28.8 Å². The van der Waals surface area contributed by atoms with E-state index in [-0.39, 0.29) is 88.5 Å². The summed E-state index contributed by atoms with van der Waals surface area (Å²) in [6.45, 7) is 23.1. The first-order valence-electron chi connectivity index (χ1n) is 39.9. The zero-order valence-electron chi connectivity index (χ0n) is 68.0. The van der Waals surface area contributed by atoms with Gasteiger partial charge in [-0.25, -0.2) is 15.0 Å². The first-order chi connectivity index (χ1) is 56.8. The Morgan fingerprint density at radius 3 is 0.932 bits per heavy atom. The number of amides is 3. The number of aromatic nitrogens is 6. The van der Waals surface area contributed by atoms with Gasteiger partial charge in [-0.1, -0.05) is 229 Å². The van der Waals surface area contributed by atoms with Crippen LogP contribution in [-0.2, 0) is 19.6 Å². The van der Waals surface area contributed by atoms with Crippen molar-refractivity contribution in [1.29, 1.82) is 0 Å². The zero-order chi connectivity index (χ0) is 83.8. The number of rotatable bonds is 25. The number of carbonyl (C=O) groups excluding carboxylic acids is 3. The van der Waals surface area contributed by atoms with Crippen LogP contribution in [0.15, 0.2) is 255 Å². The normalized spacial score (nSPS) is 12.4. The number of nitrogens with zero attached hydrogens (tertiary/aromatic N) is 9. The van der Waals surface area contributed by atoms with Gasteiger partial charge >= 0.3 is 0 Å². The lowest BCUT2D eigenvalue weighted by molar-refractivity contribution is 0.0599. The molecule has 0 aliphatic carbocycles. The molecule has 23 heteroatoms. The Labute approximate surface area is 701 Å². The number of hydrogen-bond donors (Lipinski definition) is 3. The Balaban J connectivity index is 0.000000153. The van der Waals surface area contributed by atoms with Gasteiger partial charge in [-0.2, -0.15) is 0 Å². The molecule has 21 nitrogen and oxygen atoms in total. The fourth-order valence-corrected chi connectivity index (χ4v) is 16.1. The molecular formula is C95H98Br2N12O9. The first kappa shape index (κ1) is 84.2. The Morgan fingerprint density at radius 1 is 0.364 bits per heavy atom. The van der Waals surface area contributed by atoms with Crippen LogP contribution in [0.5, 0.6) is 0 Å². The van der Waals surface area contributed by atoms with Crippen molar-refractivity contribution < 1.29 is 27.6 Å². The number of nitrogens with two attached hydrogens (primary N) is 3. The molecule has 6 heterocycles. The van der Waals surface area contributed by atoms with E-state index in [1.807, 2.05) is 279 Å². The molecule has 3 amide bonds. The summed E-state index contributed by atoms with van der Waals surface area (Å²) in [4.78, 5) is 105. The second-order valence-corrected chi connectivity index (χ2v) is 32.9. The summed E-state index contributed by atoms with van der Waals surface area (Å²) in [5.74, 6) is 0.951. The van der Waals surface area contributed by atoms with E-state index in [2.05, 4.69) is 45.7 Å². The first-order valence-corrected chi connectivity index (χ1v) is 41.5. The predicted molar refractivity (Wildman–Crippen MR) is 475 cm³/mol. The van der Waals surface area contributed by atoms with Crippen LogP contribution in [0, 0.1) is 45.4 Å². The van der Waals surface area contributed by atoms with Crippen LogP contribution in [0.4, 0.5) is 0 Å². The number of aryl methyl sites for hydroxylation is 4. The lowest BCUT2D eigenvalue weighted by atomic mass is 9.98. The van der Waals surface area contributed by atoms with Crippen molar-refractivity contribution in [3.63, 3.8) is 0 Å². The summed E-state index contributed by atoms with van der Waals surface area (Å²) >= 11 is 7.06. The largest absolute Gasteiger partial charge is 0.448 e. The average Bonchev–Trinajstić information content (AvgIpc) is 1.56. The fourth-order valence-electron chi connectivity index (χ4n) is 15.3. The van der Waals surface area contributed by atoms with E-state index in [4.69, 9.17) is 45.4 Å². The molecule has 3 atom stereocenters. The third kappa shape index (κ3) is 18.2. The van der Waals surface area contributed by atoms with Gasteiger partial charge in [0.15, 0.2) is 0 Å². The number of benzene rings is 9. The summed E-state index contributed by atoms with van der Waals surface area (Å²) in [6.07, 6.45) is 0.619. The second-order valence-electron chi connectivity index (χ2n) is 31.0. The molecule has 3 unspecified atom stereocenters. The van der Waals surface area contributed by atoms with Crippen LogP contribution in [-0.4, -0.2) is 100 Å². The molecule has 0 aliphatic heterocycles. The lowest BCUT2D eigenvalue weighted by Crippen LogP contribution is -2.43. The molecule has 606 valence electrons. The quantitative estimate of drug-likeness (QED) is 0.0479. The van der Waals surface area contributed by atoms with E-state index in [0.29, 0.717) is 113 Å². The van der Waals surface area contributed by atoms with Crippen LogP contribution < -0.4 is 33.9 Å². The minimum absolute atomic E-state index is 0.0524. The molecule has 0 aliphatic rings. The van der Waals surface area contributed by atoms with Crippen molar-refractivity contribution in [2.45, 2.75) is 113 Å². The highest BCUT2D eigenvalue weighted by Crippen LogP contribution is 2.38. The van der Waals surface area contributed by atoms with Crippen molar-refractivity contribution in [2.75, 3.05) is 39.3 Å². The van der Waals surface area contributed by atoms with E-state index in [1.165, 1.54) is 0 Å². The topological polar surface area (TPSA) is 283 Å². The van der Waals surface area contributed by atoms with Crippen molar-refractivity contribution in [2.24, 2.45) is 35.0 Å². The highest BCUT2D eigenvalue weighted by molar-refractivity contribution is 9.10. The lowest BCUT2D eigenvalue weighted by Gasteiger charge is -2.35. The third-order valence-electron chi connectivity index (χ3n) is 21.2. The molecule has 0 saturated carbocycles. The van der Waals surface area contributed by atoms with Crippen LogP contribution in [0.2, 0.25) is 0 Å². The van der Waals surface area contributed by atoms with Gasteiger partial charge in [-0.3, -0.25) is 42.5 Å². The van der Waals surface area contributed by atoms with Gasteiger partial charge in [-0.15, -0.1) is 0 Å². The molecule has 118 heavy (non-hydrogen) atoms. The Hall–Kier alpha value is -11.7. The van der Waals surface area contributed by atoms with E-state index >= 15 is 0 Å². The maximum absolute atomic E-state index is 14.1. The summed E-state index contributed by atoms with van der Waals surface area (Å²) in [5, 5.41) is 2.27. The Morgan fingerprint density at radius 2 is 0.644 bits per heavy atom. The van der Waals surface area contributed by atoms with Crippen molar-refractivity contribution in [3.05, 3.63) is 332 Å². The smallest absolute Gasteiger partial charge is 0.297 e. The van der Waals surface area contributed by atoms with E-state index < -0.39 is 18.1 Å². The molecule has 0 spiro atoms. The van der Waals surface area contributed by atoms with Gasteiger partial charge < -0.3 is 45.2 Å². The van der Waals surface area contributed by atoms with Gasteiger partial charge in [-0.05, 0) is 160 Å². The molecular weight excluding hydrogens is 1610 g/mol. The molecule has 9 aromatic carbocycles. The molecule has 6 aromatic heterocycles. The molecule has 0 fully saturated rings. The molecule has 0 saturated heterocycles. The number of carbonyl (C=O) groups is 3. The zero-order valence-corrected chi connectivity index (χ0v) is 71.2. The standard InChI is InChI=1S/C32H33BrN4O3.C32H34N4O3.C31H31BrN4O3/c1-20(2)28(36(17-7-16-34)31(38)23-12-10-21(3)11-13-23)30-35-27-25-18-24(33)14-15-26(25)40-29(27)32(39)37(30)19-22-8-5-4-6-9-22;1-20(2)28(35(17-16-33)31(37)24-13-10-21(3)11-14-24)30-34-27-25-18-22(4)12-15-26(25)39-29(27)32(38)36(30)19-23-8-6-5-7-9-23;1-19(2)27(35(16-15-33)30(37)22-11-9-20(3)10-12-22)29-34-26-24-17-23(32)13-14-25(24)39-28(26)31(38)36(29)18-21-7-5-4-6-8-21/h4-6,8-15,18,20,28H,7,16-17,19,34H2,1-3H3;5-15,18,20,28H,16-17,19,33H2,1-4H3;4-14,17,19,27H,15-16,18,33H2,1-3H3. The minimum atomic E-state index is -0.514. The van der Waals surface area contributed by atoms with E-state index in [1.54, 1.807) is 23.5 Å². The number of furan rings is 3. The molecule has 6 N–H and O–H groups in total. The molecule has 15 aromatic rings. The van der Waals surface area contributed by atoms with Crippen LogP contribution >= 0.6 is 31.9 Å².